The van der Waals surface area contributed by atoms with Crippen molar-refractivity contribution in [3.8, 4) is 0 Å². The first-order chi connectivity index (χ1) is 7.50. The number of nitrogens with zero attached hydrogens (tertiary/aromatic N) is 1. The van der Waals surface area contributed by atoms with E-state index in [9.17, 15) is 0 Å². The van der Waals surface area contributed by atoms with Crippen molar-refractivity contribution in [2.24, 2.45) is 0 Å². The Morgan fingerprint density at radius 2 is 2.06 bits per heavy atom. The van der Waals surface area contributed by atoms with Gasteiger partial charge in [0.25, 0.3) is 0 Å². The molecule has 0 bridgehead atoms. The Kier molecular flexibility index (Phi) is 3.13. The largest absolute Gasteiger partial charge is 0.364 e. The fourth-order valence-electron chi connectivity index (χ4n) is 2.20. The van der Waals surface area contributed by atoms with Crippen molar-refractivity contribution >= 4 is 17.3 Å². The SMILES string of the molecule is CC(C)(C)N1CCNCc2cccc(Cl)c21. The van der Waals surface area contributed by atoms with Gasteiger partial charge in [0.05, 0.1) is 10.7 Å². The first-order valence-corrected chi connectivity index (χ1v) is 6.14. The zero-order chi connectivity index (χ0) is 11.8. The van der Waals surface area contributed by atoms with Crippen LogP contribution in [0.15, 0.2) is 18.2 Å². The number of hydrogen-bond acceptors (Lipinski definition) is 2. The van der Waals surface area contributed by atoms with Gasteiger partial charge in [-0.05, 0) is 32.4 Å². The Morgan fingerprint density at radius 3 is 2.75 bits per heavy atom. The van der Waals surface area contributed by atoms with Crippen LogP contribution in [0.3, 0.4) is 0 Å². The predicted octanol–water partition coefficient (Wildman–Crippen LogP) is 3.05. The molecule has 2 rings (SSSR count). The van der Waals surface area contributed by atoms with Crippen molar-refractivity contribution < 1.29 is 0 Å². The van der Waals surface area contributed by atoms with E-state index in [1.54, 1.807) is 0 Å². The number of nitrogens with one attached hydrogen (secondary N) is 1. The highest BCUT2D eigenvalue weighted by Gasteiger charge is 2.26. The second kappa shape index (κ2) is 4.27. The molecule has 2 nitrogen and oxygen atoms in total. The smallest absolute Gasteiger partial charge is 0.0643 e. The summed E-state index contributed by atoms with van der Waals surface area (Å²) in [6, 6.07) is 6.15. The fourth-order valence-corrected chi connectivity index (χ4v) is 2.50. The monoisotopic (exact) mass is 238 g/mol. The van der Waals surface area contributed by atoms with E-state index in [1.165, 1.54) is 11.3 Å². The fraction of sp³-hybridized carbons (Fsp3) is 0.538. The van der Waals surface area contributed by atoms with Crippen molar-refractivity contribution in [3.05, 3.63) is 28.8 Å². The second-order valence-electron chi connectivity index (χ2n) is 5.25. The molecule has 16 heavy (non-hydrogen) atoms. The number of rotatable bonds is 0. The molecule has 0 saturated heterocycles. The van der Waals surface area contributed by atoms with Gasteiger partial charge in [0.15, 0.2) is 0 Å². The van der Waals surface area contributed by atoms with Crippen LogP contribution in [0.1, 0.15) is 26.3 Å². The van der Waals surface area contributed by atoms with Gasteiger partial charge in [0.2, 0.25) is 0 Å². The highest BCUT2D eigenvalue weighted by atomic mass is 35.5. The lowest BCUT2D eigenvalue weighted by molar-refractivity contribution is 0.502. The Bertz CT molecular complexity index is 382. The minimum absolute atomic E-state index is 0.103. The maximum Gasteiger partial charge on any atom is 0.0643 e. The van der Waals surface area contributed by atoms with E-state index in [0.29, 0.717) is 0 Å². The van der Waals surface area contributed by atoms with Gasteiger partial charge in [-0.15, -0.1) is 0 Å². The molecular formula is C13H19ClN2. The minimum Gasteiger partial charge on any atom is -0.364 e. The Balaban J connectivity index is 2.51. The normalized spacial score (nSPS) is 16.9. The molecule has 0 aromatic heterocycles. The van der Waals surface area contributed by atoms with Crippen LogP contribution >= 0.6 is 11.6 Å². The second-order valence-corrected chi connectivity index (χ2v) is 5.65. The molecule has 1 aliphatic heterocycles. The summed E-state index contributed by atoms with van der Waals surface area (Å²) < 4.78 is 0. The molecule has 1 aromatic carbocycles. The molecule has 1 heterocycles. The van der Waals surface area contributed by atoms with Crippen molar-refractivity contribution in [2.75, 3.05) is 18.0 Å². The van der Waals surface area contributed by atoms with Crippen LogP contribution in [0.4, 0.5) is 5.69 Å². The van der Waals surface area contributed by atoms with Crippen LogP contribution < -0.4 is 10.2 Å². The van der Waals surface area contributed by atoms with Gasteiger partial charge in [-0.2, -0.15) is 0 Å². The summed E-state index contributed by atoms with van der Waals surface area (Å²) in [4.78, 5) is 2.39. The number of anilines is 1. The highest BCUT2D eigenvalue weighted by Crippen LogP contribution is 2.35. The summed E-state index contributed by atoms with van der Waals surface area (Å²) in [5.41, 5.74) is 2.59. The quantitative estimate of drug-likeness (QED) is 0.748. The van der Waals surface area contributed by atoms with Gasteiger partial charge in [-0.3, -0.25) is 0 Å². The van der Waals surface area contributed by atoms with Gasteiger partial charge in [0.1, 0.15) is 0 Å². The molecule has 0 unspecified atom stereocenters. The molecule has 1 N–H and O–H groups in total. The molecule has 88 valence electrons. The molecule has 1 aromatic rings. The first-order valence-electron chi connectivity index (χ1n) is 5.76. The van der Waals surface area contributed by atoms with Crippen molar-refractivity contribution in [3.63, 3.8) is 0 Å². The first kappa shape index (κ1) is 11.7. The minimum atomic E-state index is 0.103. The van der Waals surface area contributed by atoms with Crippen molar-refractivity contribution in [1.82, 2.24) is 5.32 Å². The molecule has 0 aliphatic carbocycles. The van der Waals surface area contributed by atoms with E-state index < -0.39 is 0 Å². The van der Waals surface area contributed by atoms with Crippen LogP contribution in [-0.4, -0.2) is 18.6 Å². The van der Waals surface area contributed by atoms with Crippen molar-refractivity contribution in [1.29, 1.82) is 0 Å². The summed E-state index contributed by atoms with van der Waals surface area (Å²) in [7, 11) is 0. The average molecular weight is 239 g/mol. The summed E-state index contributed by atoms with van der Waals surface area (Å²) in [6.07, 6.45) is 0. The zero-order valence-electron chi connectivity index (χ0n) is 10.2. The molecule has 0 radical (unpaired) electrons. The molecule has 0 fully saturated rings. The number of halogens is 1. The standard InChI is InChI=1S/C13H19ClN2/c1-13(2,3)16-8-7-15-9-10-5-4-6-11(14)12(10)16/h4-6,15H,7-9H2,1-3H3. The lowest BCUT2D eigenvalue weighted by Gasteiger charge is -2.38. The molecule has 0 amide bonds. The lowest BCUT2D eigenvalue weighted by atomic mass is 10.0. The van der Waals surface area contributed by atoms with E-state index >= 15 is 0 Å². The summed E-state index contributed by atoms with van der Waals surface area (Å²) >= 11 is 6.35. The molecular weight excluding hydrogens is 220 g/mol. The van der Waals surface area contributed by atoms with Crippen LogP contribution in [0.25, 0.3) is 0 Å². The van der Waals surface area contributed by atoms with Gasteiger partial charge >= 0.3 is 0 Å². The summed E-state index contributed by atoms with van der Waals surface area (Å²) in [5.74, 6) is 0. The van der Waals surface area contributed by atoms with Crippen LogP contribution in [-0.2, 0) is 6.54 Å². The maximum atomic E-state index is 6.35. The predicted molar refractivity (Wildman–Crippen MR) is 70.3 cm³/mol. The Labute approximate surface area is 103 Å². The van der Waals surface area contributed by atoms with E-state index in [4.69, 9.17) is 11.6 Å². The van der Waals surface area contributed by atoms with Crippen LogP contribution in [0.5, 0.6) is 0 Å². The lowest BCUT2D eigenvalue weighted by Crippen LogP contribution is -2.44. The van der Waals surface area contributed by atoms with Crippen LogP contribution in [0, 0.1) is 0 Å². The van der Waals surface area contributed by atoms with E-state index in [-0.39, 0.29) is 5.54 Å². The zero-order valence-corrected chi connectivity index (χ0v) is 10.9. The molecule has 0 saturated carbocycles. The van der Waals surface area contributed by atoms with E-state index in [1.807, 2.05) is 12.1 Å². The van der Waals surface area contributed by atoms with Gasteiger partial charge in [0, 0.05) is 25.2 Å². The van der Waals surface area contributed by atoms with Crippen LogP contribution in [0.2, 0.25) is 5.02 Å². The van der Waals surface area contributed by atoms with Gasteiger partial charge in [-0.1, -0.05) is 23.7 Å². The van der Waals surface area contributed by atoms with Crippen molar-refractivity contribution in [2.45, 2.75) is 32.9 Å². The number of fused-ring (bicyclic) bond motifs is 1. The number of para-hydroxylation sites is 1. The third kappa shape index (κ3) is 2.18. The van der Waals surface area contributed by atoms with E-state index in [0.717, 1.165) is 24.7 Å². The number of hydrogen-bond donors (Lipinski definition) is 1. The molecule has 1 aliphatic rings. The summed E-state index contributed by atoms with van der Waals surface area (Å²) in [5, 5.41) is 4.29. The summed E-state index contributed by atoms with van der Waals surface area (Å²) in [6.45, 7) is 9.59. The molecule has 3 heteroatoms. The van der Waals surface area contributed by atoms with Gasteiger partial charge < -0.3 is 10.2 Å². The Hall–Kier alpha value is -0.730. The van der Waals surface area contributed by atoms with E-state index in [2.05, 4.69) is 37.1 Å². The maximum absolute atomic E-state index is 6.35. The Morgan fingerprint density at radius 1 is 1.31 bits per heavy atom. The molecule has 0 spiro atoms. The number of benzene rings is 1. The van der Waals surface area contributed by atoms with Gasteiger partial charge in [-0.25, -0.2) is 0 Å². The third-order valence-corrected chi connectivity index (χ3v) is 3.28. The topological polar surface area (TPSA) is 15.3 Å². The molecule has 0 atom stereocenters. The average Bonchev–Trinajstić information content (AvgIpc) is 2.39. The third-order valence-electron chi connectivity index (χ3n) is 2.98. The highest BCUT2D eigenvalue weighted by molar-refractivity contribution is 6.33.